The van der Waals surface area contributed by atoms with Crippen LogP contribution >= 0.6 is 11.3 Å². The Morgan fingerprint density at radius 1 is 1.45 bits per heavy atom. The van der Waals surface area contributed by atoms with Gasteiger partial charge in [0.2, 0.25) is 0 Å². The van der Waals surface area contributed by atoms with Gasteiger partial charge >= 0.3 is 0 Å². The summed E-state index contributed by atoms with van der Waals surface area (Å²) in [6, 6.07) is 5.01. The van der Waals surface area contributed by atoms with E-state index in [0.29, 0.717) is 17.0 Å². The Hall–Kier alpha value is -0.380. The topological polar surface area (TPSA) is 15.3 Å². The summed E-state index contributed by atoms with van der Waals surface area (Å²) < 4.78 is 0. The molecule has 0 aliphatic carbocycles. The van der Waals surface area contributed by atoms with Gasteiger partial charge in [0.25, 0.3) is 0 Å². The average Bonchev–Trinajstić information content (AvgIpc) is 2.89. The largest absolute Gasteiger partial charge is 0.310 e. The monoisotopic (exact) mass is 294 g/mol. The van der Waals surface area contributed by atoms with Gasteiger partial charge in [0.1, 0.15) is 0 Å². The highest BCUT2D eigenvalue weighted by molar-refractivity contribution is 7.09. The van der Waals surface area contributed by atoms with E-state index in [2.05, 4.69) is 62.3 Å². The van der Waals surface area contributed by atoms with E-state index in [4.69, 9.17) is 0 Å². The Bertz CT molecular complexity index is 407. The SMILES string of the molecule is CCC1(C)CNC(C(C)(C)C)CN1CCc1cccs1. The number of hydrogen-bond acceptors (Lipinski definition) is 3. The molecule has 1 saturated heterocycles. The van der Waals surface area contributed by atoms with Crippen molar-refractivity contribution in [3.05, 3.63) is 22.4 Å². The minimum Gasteiger partial charge on any atom is -0.310 e. The quantitative estimate of drug-likeness (QED) is 0.909. The van der Waals surface area contributed by atoms with Crippen molar-refractivity contribution in [3.8, 4) is 0 Å². The van der Waals surface area contributed by atoms with Crippen LogP contribution in [-0.2, 0) is 6.42 Å². The van der Waals surface area contributed by atoms with Crippen LogP contribution in [0.2, 0.25) is 0 Å². The molecule has 1 N–H and O–H groups in total. The second-order valence-electron chi connectivity index (χ2n) is 7.43. The minimum absolute atomic E-state index is 0.305. The molecule has 20 heavy (non-hydrogen) atoms. The molecule has 1 aliphatic rings. The van der Waals surface area contributed by atoms with Crippen LogP contribution in [0.1, 0.15) is 45.9 Å². The van der Waals surface area contributed by atoms with Crippen LogP contribution in [0.15, 0.2) is 17.5 Å². The van der Waals surface area contributed by atoms with Crippen LogP contribution in [0.25, 0.3) is 0 Å². The molecular formula is C17H30N2S. The molecule has 2 heterocycles. The van der Waals surface area contributed by atoms with Gasteiger partial charge < -0.3 is 5.32 Å². The molecule has 0 saturated carbocycles. The second kappa shape index (κ2) is 6.17. The Balaban J connectivity index is 2.03. The lowest BCUT2D eigenvalue weighted by Gasteiger charge is -2.51. The second-order valence-corrected chi connectivity index (χ2v) is 8.46. The van der Waals surface area contributed by atoms with Gasteiger partial charge in [-0.1, -0.05) is 33.8 Å². The van der Waals surface area contributed by atoms with Crippen LogP contribution in [-0.4, -0.2) is 36.1 Å². The number of piperazine rings is 1. The van der Waals surface area contributed by atoms with Gasteiger partial charge in [-0.05, 0) is 36.6 Å². The van der Waals surface area contributed by atoms with E-state index in [1.54, 1.807) is 0 Å². The first kappa shape index (κ1) is 16.0. The highest BCUT2D eigenvalue weighted by atomic mass is 32.1. The van der Waals surface area contributed by atoms with Crippen LogP contribution < -0.4 is 5.32 Å². The Morgan fingerprint density at radius 2 is 2.20 bits per heavy atom. The third kappa shape index (κ3) is 3.63. The Labute approximate surface area is 128 Å². The Kier molecular flexibility index (Phi) is 4.93. The smallest absolute Gasteiger partial charge is 0.0304 e. The summed E-state index contributed by atoms with van der Waals surface area (Å²) in [6.07, 6.45) is 2.39. The maximum Gasteiger partial charge on any atom is 0.0304 e. The molecule has 114 valence electrons. The van der Waals surface area contributed by atoms with Gasteiger partial charge in [-0.2, -0.15) is 0 Å². The van der Waals surface area contributed by atoms with Crippen molar-refractivity contribution in [1.29, 1.82) is 0 Å². The molecule has 0 aromatic carbocycles. The zero-order valence-electron chi connectivity index (χ0n) is 13.7. The zero-order valence-corrected chi connectivity index (χ0v) is 14.5. The van der Waals surface area contributed by atoms with Crippen molar-refractivity contribution in [1.82, 2.24) is 10.2 Å². The number of nitrogens with zero attached hydrogens (tertiary/aromatic N) is 1. The highest BCUT2D eigenvalue weighted by Gasteiger charge is 2.39. The Morgan fingerprint density at radius 3 is 2.75 bits per heavy atom. The first-order chi connectivity index (χ1) is 9.35. The molecule has 3 heteroatoms. The van der Waals surface area contributed by atoms with Crippen molar-refractivity contribution in [2.45, 2.75) is 59.0 Å². The maximum absolute atomic E-state index is 3.78. The highest BCUT2D eigenvalue weighted by Crippen LogP contribution is 2.29. The molecule has 2 rings (SSSR count). The molecule has 1 aromatic heterocycles. The first-order valence-corrected chi connectivity index (χ1v) is 8.74. The summed E-state index contributed by atoms with van der Waals surface area (Å²) in [5.74, 6) is 0. The molecule has 0 amide bonds. The fraction of sp³-hybridized carbons (Fsp3) is 0.765. The number of rotatable bonds is 4. The van der Waals surface area contributed by atoms with E-state index in [9.17, 15) is 0 Å². The zero-order chi connectivity index (χ0) is 14.8. The molecule has 1 aromatic rings. The van der Waals surface area contributed by atoms with Crippen LogP contribution in [0.5, 0.6) is 0 Å². The minimum atomic E-state index is 0.305. The summed E-state index contributed by atoms with van der Waals surface area (Å²) in [4.78, 5) is 4.23. The lowest BCUT2D eigenvalue weighted by atomic mass is 9.81. The number of hydrogen-bond donors (Lipinski definition) is 1. The molecule has 1 aliphatic heterocycles. The number of thiophene rings is 1. The molecule has 0 bridgehead atoms. The fourth-order valence-corrected chi connectivity index (χ4v) is 3.65. The van der Waals surface area contributed by atoms with Crippen molar-refractivity contribution in [3.63, 3.8) is 0 Å². The molecule has 0 radical (unpaired) electrons. The van der Waals surface area contributed by atoms with Gasteiger partial charge in [-0.25, -0.2) is 0 Å². The van der Waals surface area contributed by atoms with Crippen molar-refractivity contribution < 1.29 is 0 Å². The van der Waals surface area contributed by atoms with Crippen LogP contribution in [0.3, 0.4) is 0 Å². The summed E-state index contributed by atoms with van der Waals surface area (Å²) in [6.45, 7) is 15.2. The van der Waals surface area contributed by atoms with Crippen molar-refractivity contribution >= 4 is 11.3 Å². The molecule has 2 atom stereocenters. The standard InChI is InChI=1S/C17H30N2S/c1-6-17(5)13-18-15(16(2,3)4)12-19(17)10-9-14-8-7-11-20-14/h7-8,11,15,18H,6,9-10,12-13H2,1-5H3. The van der Waals surface area contributed by atoms with Crippen LogP contribution in [0.4, 0.5) is 0 Å². The summed E-state index contributed by atoms with van der Waals surface area (Å²) in [5.41, 5.74) is 0.634. The molecule has 0 spiro atoms. The van der Waals surface area contributed by atoms with E-state index >= 15 is 0 Å². The van der Waals surface area contributed by atoms with E-state index < -0.39 is 0 Å². The summed E-state index contributed by atoms with van der Waals surface area (Å²) in [7, 11) is 0. The van der Waals surface area contributed by atoms with Gasteiger partial charge in [-0.15, -0.1) is 11.3 Å². The lowest BCUT2D eigenvalue weighted by molar-refractivity contribution is 0.0232. The lowest BCUT2D eigenvalue weighted by Crippen LogP contribution is -2.65. The van der Waals surface area contributed by atoms with Crippen molar-refractivity contribution in [2.75, 3.05) is 19.6 Å². The van der Waals surface area contributed by atoms with Gasteiger partial charge in [0.15, 0.2) is 0 Å². The fourth-order valence-electron chi connectivity index (χ4n) is 2.95. The predicted octanol–water partition coefficient (Wildman–Crippen LogP) is 3.78. The van der Waals surface area contributed by atoms with E-state index in [0.717, 1.165) is 6.54 Å². The predicted molar refractivity (Wildman–Crippen MR) is 89.5 cm³/mol. The third-order valence-electron chi connectivity index (χ3n) is 4.91. The van der Waals surface area contributed by atoms with Gasteiger partial charge in [0, 0.05) is 36.1 Å². The van der Waals surface area contributed by atoms with Gasteiger partial charge in [-0.3, -0.25) is 4.90 Å². The first-order valence-electron chi connectivity index (χ1n) is 7.86. The molecule has 1 fully saturated rings. The van der Waals surface area contributed by atoms with E-state index in [1.807, 2.05) is 11.3 Å². The van der Waals surface area contributed by atoms with E-state index in [-0.39, 0.29) is 0 Å². The van der Waals surface area contributed by atoms with Crippen LogP contribution in [0, 0.1) is 5.41 Å². The molecule has 2 unspecified atom stereocenters. The normalized spacial score (nSPS) is 28.8. The summed E-state index contributed by atoms with van der Waals surface area (Å²) >= 11 is 1.88. The third-order valence-corrected chi connectivity index (χ3v) is 5.85. The van der Waals surface area contributed by atoms with Crippen molar-refractivity contribution in [2.24, 2.45) is 5.41 Å². The maximum atomic E-state index is 3.78. The van der Waals surface area contributed by atoms with Gasteiger partial charge in [0.05, 0.1) is 0 Å². The molecule has 2 nitrogen and oxygen atoms in total. The summed E-state index contributed by atoms with van der Waals surface area (Å²) in [5, 5.41) is 5.97. The number of nitrogens with one attached hydrogen (secondary N) is 1. The van der Waals surface area contributed by atoms with E-state index in [1.165, 1.54) is 30.8 Å². The average molecular weight is 295 g/mol. The molecular weight excluding hydrogens is 264 g/mol.